The van der Waals surface area contributed by atoms with Gasteiger partial charge in [0.1, 0.15) is 0 Å². The summed E-state index contributed by atoms with van der Waals surface area (Å²) in [5, 5.41) is 9.99. The lowest BCUT2D eigenvalue weighted by Crippen LogP contribution is -2.43. The first-order valence-electron chi connectivity index (χ1n) is 17.5. The average molecular weight is 709 g/mol. The predicted molar refractivity (Wildman–Crippen MR) is 196 cm³/mol. The van der Waals surface area contributed by atoms with Crippen LogP contribution in [0.15, 0.2) is 0 Å². The molecule has 0 aliphatic heterocycles. The van der Waals surface area contributed by atoms with Crippen LogP contribution >= 0.6 is 0 Å². The Morgan fingerprint density at radius 2 is 0.792 bits per heavy atom. The van der Waals surface area contributed by atoms with Gasteiger partial charge in [0.2, 0.25) is 0 Å². The molecule has 1 aliphatic carbocycles. The normalized spacial score (nSPS) is 17.5. The zero-order valence-electron chi connectivity index (χ0n) is 36.2. The highest BCUT2D eigenvalue weighted by Crippen LogP contribution is 2.50. The van der Waals surface area contributed by atoms with Crippen molar-refractivity contribution in [1.82, 2.24) is 0 Å². The molecular formula is C40H82F6O2. The van der Waals surface area contributed by atoms with E-state index in [4.69, 9.17) is 4.74 Å². The number of alkyl halides is 6. The van der Waals surface area contributed by atoms with Crippen molar-refractivity contribution in [2.24, 2.45) is 49.7 Å². The first-order valence-corrected chi connectivity index (χ1v) is 17.5. The summed E-state index contributed by atoms with van der Waals surface area (Å²) in [6, 6.07) is 0. The Bertz CT molecular complexity index is 838. The second kappa shape index (κ2) is 17.3. The summed E-state index contributed by atoms with van der Waals surface area (Å²) in [7, 11) is 1.76. The number of ether oxygens (including phenoxy) is 1. The summed E-state index contributed by atoms with van der Waals surface area (Å²) in [6.07, 6.45) is -5.75. The molecule has 0 bridgehead atoms. The molecule has 0 aromatic rings. The minimum atomic E-state index is -4.12. The van der Waals surface area contributed by atoms with Gasteiger partial charge in [-0.25, -0.2) is 0 Å². The summed E-state index contributed by atoms with van der Waals surface area (Å²) in [6.45, 7) is 45.9. The van der Waals surface area contributed by atoms with Crippen LogP contribution in [0.3, 0.4) is 0 Å². The van der Waals surface area contributed by atoms with Crippen LogP contribution in [0.5, 0.6) is 0 Å². The van der Waals surface area contributed by atoms with Crippen molar-refractivity contribution in [2.45, 2.75) is 203 Å². The molecule has 1 fully saturated rings. The standard InChI is InChI=1S/C9H18O.C8H15F3.C8H18O.C8H18.C7H13F3/c1-8(2,3)9(4,10)7-5-6-7;1-6(2,3)7(4,5)8(9,10)11;1-7(2,3)8(4,5)9-6;1-7(2,3)8(4,5)6;1-5(6(2,3)4)7(8,9)10/h7,10H,5-6H2,1-4H3;1-5H3;1-6H3;1-6H3;5H,1-4H3. The van der Waals surface area contributed by atoms with Crippen LogP contribution in [0.2, 0.25) is 0 Å². The van der Waals surface area contributed by atoms with Crippen LogP contribution < -0.4 is 0 Å². The fraction of sp³-hybridized carbons (Fsp3) is 1.00. The second-order valence-corrected chi connectivity index (χ2v) is 21.1. The van der Waals surface area contributed by atoms with Crippen molar-refractivity contribution in [3.8, 4) is 0 Å². The van der Waals surface area contributed by atoms with E-state index in [1.54, 1.807) is 48.7 Å². The molecule has 8 heteroatoms. The smallest absolute Gasteiger partial charge is 0.389 e. The minimum absolute atomic E-state index is 0.0208. The number of rotatable bonds is 2. The SMILES string of the molecule is CC(C(C)(C)C)C(F)(F)F.CC(C)(C)C(C)(C)C.CC(C)(C)C(C)(C)C(F)(F)F.CC(C)(C)C(C)(O)C1CC1.COC(C)(C)C(C)(C)C. The summed E-state index contributed by atoms with van der Waals surface area (Å²) >= 11 is 0. The van der Waals surface area contributed by atoms with Gasteiger partial charge in [0.25, 0.3) is 0 Å². The number of hydrogen-bond donors (Lipinski definition) is 1. The van der Waals surface area contributed by atoms with Gasteiger partial charge in [-0.2, -0.15) is 26.3 Å². The predicted octanol–water partition coefficient (Wildman–Crippen LogP) is 14.6. The Kier molecular flexibility index (Phi) is 19.6. The molecular weight excluding hydrogens is 626 g/mol. The van der Waals surface area contributed by atoms with E-state index in [0.717, 1.165) is 0 Å². The van der Waals surface area contributed by atoms with Gasteiger partial charge in [-0.15, -0.1) is 0 Å². The van der Waals surface area contributed by atoms with Crippen molar-refractivity contribution in [3.63, 3.8) is 0 Å². The van der Waals surface area contributed by atoms with Gasteiger partial charge in [-0.05, 0) is 72.0 Å². The molecule has 2 atom stereocenters. The minimum Gasteiger partial charge on any atom is -0.389 e. The molecule has 2 unspecified atom stereocenters. The lowest BCUT2D eigenvalue weighted by Gasteiger charge is -2.40. The molecule has 1 saturated carbocycles. The molecule has 0 aromatic carbocycles. The van der Waals surface area contributed by atoms with Crippen LogP contribution in [-0.2, 0) is 4.74 Å². The first kappa shape index (κ1) is 54.3. The van der Waals surface area contributed by atoms with E-state index in [2.05, 4.69) is 96.9 Å². The molecule has 1 rings (SSSR count). The van der Waals surface area contributed by atoms with Gasteiger partial charge in [0.15, 0.2) is 0 Å². The number of aliphatic hydroxyl groups is 1. The average Bonchev–Trinajstić information content (AvgIpc) is 3.61. The molecule has 2 nitrogen and oxygen atoms in total. The molecule has 1 N–H and O–H groups in total. The molecule has 0 amide bonds. The monoisotopic (exact) mass is 709 g/mol. The van der Waals surface area contributed by atoms with E-state index in [1.807, 2.05) is 6.92 Å². The van der Waals surface area contributed by atoms with E-state index < -0.39 is 40.1 Å². The van der Waals surface area contributed by atoms with Gasteiger partial charge in [-0.1, -0.05) is 145 Å². The summed E-state index contributed by atoms with van der Waals surface area (Å²) in [4.78, 5) is 0. The summed E-state index contributed by atoms with van der Waals surface area (Å²) in [5.74, 6) is -0.674. The molecule has 296 valence electrons. The third-order valence-electron chi connectivity index (χ3n) is 11.8. The highest BCUT2D eigenvalue weighted by molar-refractivity contribution is 4.98. The van der Waals surface area contributed by atoms with Gasteiger partial charge in [0, 0.05) is 7.11 Å². The van der Waals surface area contributed by atoms with Crippen LogP contribution in [0, 0.1) is 49.7 Å². The summed E-state index contributed by atoms with van der Waals surface area (Å²) < 4.78 is 78.1. The topological polar surface area (TPSA) is 29.5 Å². The van der Waals surface area contributed by atoms with Crippen LogP contribution in [0.4, 0.5) is 26.3 Å². The molecule has 1 aliphatic rings. The molecule has 0 heterocycles. The maximum absolute atomic E-state index is 12.3. The Balaban J connectivity index is -0.000000253. The Hall–Kier alpha value is -0.500. The second-order valence-electron chi connectivity index (χ2n) is 21.1. The van der Waals surface area contributed by atoms with Gasteiger partial charge < -0.3 is 9.84 Å². The quantitative estimate of drug-likeness (QED) is 0.289. The third kappa shape index (κ3) is 19.2. The maximum atomic E-state index is 12.3. The Labute approximate surface area is 295 Å². The van der Waals surface area contributed by atoms with Crippen LogP contribution in [0.1, 0.15) is 179 Å². The van der Waals surface area contributed by atoms with E-state index >= 15 is 0 Å². The number of methoxy groups -OCH3 is 1. The van der Waals surface area contributed by atoms with E-state index in [0.29, 0.717) is 16.7 Å². The Morgan fingerprint density at radius 3 is 0.812 bits per heavy atom. The van der Waals surface area contributed by atoms with Crippen LogP contribution in [-0.4, -0.2) is 35.8 Å². The molecule has 48 heavy (non-hydrogen) atoms. The molecule has 0 radical (unpaired) electrons. The first-order chi connectivity index (χ1) is 20.1. The zero-order valence-corrected chi connectivity index (χ0v) is 36.2. The van der Waals surface area contributed by atoms with Gasteiger partial charge in [-0.3, -0.25) is 0 Å². The number of halogens is 6. The van der Waals surface area contributed by atoms with Gasteiger partial charge in [0.05, 0.1) is 22.5 Å². The summed E-state index contributed by atoms with van der Waals surface area (Å²) in [5.41, 5.74) is -2.39. The highest BCUT2D eigenvalue weighted by Gasteiger charge is 2.54. The molecule has 0 spiro atoms. The highest BCUT2D eigenvalue weighted by atomic mass is 19.4. The third-order valence-corrected chi connectivity index (χ3v) is 11.8. The zero-order chi connectivity index (χ0) is 40.8. The van der Waals surface area contributed by atoms with Crippen molar-refractivity contribution in [3.05, 3.63) is 0 Å². The lowest BCUT2D eigenvalue weighted by molar-refractivity contribution is -0.243. The molecule has 0 saturated heterocycles. The Morgan fingerprint density at radius 1 is 0.500 bits per heavy atom. The van der Waals surface area contributed by atoms with E-state index in [9.17, 15) is 31.4 Å². The van der Waals surface area contributed by atoms with Crippen LogP contribution in [0.25, 0.3) is 0 Å². The largest absolute Gasteiger partial charge is 0.394 e. The lowest BCUT2D eigenvalue weighted by atomic mass is 9.69. The maximum Gasteiger partial charge on any atom is 0.394 e. The van der Waals surface area contributed by atoms with Gasteiger partial charge >= 0.3 is 12.4 Å². The number of hydrogen-bond acceptors (Lipinski definition) is 2. The van der Waals surface area contributed by atoms with Crippen molar-refractivity contribution < 1.29 is 36.2 Å². The fourth-order valence-electron chi connectivity index (χ4n) is 2.48. The van der Waals surface area contributed by atoms with Crippen molar-refractivity contribution in [2.75, 3.05) is 7.11 Å². The van der Waals surface area contributed by atoms with Crippen molar-refractivity contribution in [1.29, 1.82) is 0 Å². The van der Waals surface area contributed by atoms with E-state index in [-0.39, 0.29) is 16.4 Å². The van der Waals surface area contributed by atoms with Crippen molar-refractivity contribution >= 4 is 0 Å². The molecule has 0 aromatic heterocycles. The van der Waals surface area contributed by atoms with E-state index in [1.165, 1.54) is 33.6 Å². The fourth-order valence-corrected chi connectivity index (χ4v) is 2.48.